The van der Waals surface area contributed by atoms with E-state index in [1.165, 1.54) is 0 Å². The van der Waals surface area contributed by atoms with Gasteiger partial charge in [0.2, 0.25) is 5.91 Å². The first-order valence-corrected chi connectivity index (χ1v) is 7.13. The second-order valence-electron chi connectivity index (χ2n) is 5.54. The quantitative estimate of drug-likeness (QED) is 0.290. The number of carbonyl (C=O) groups excluding carboxylic acids is 1. The molecule has 0 bridgehead atoms. The van der Waals surface area contributed by atoms with E-state index >= 15 is 0 Å². The SMILES string of the molecule is NC(=NO)C1(C(=O)N2CCOCC2CO)CCCCC1. The molecule has 1 aliphatic heterocycles. The van der Waals surface area contributed by atoms with E-state index in [0.717, 1.165) is 19.3 Å². The standard InChI is InChI=1S/C13H23N3O4/c14-11(15-19)13(4-2-1-3-5-13)12(18)16-6-7-20-9-10(16)8-17/h10,17,19H,1-9H2,(H2,14,15). The first-order chi connectivity index (χ1) is 9.65. The van der Waals surface area contributed by atoms with E-state index in [4.69, 9.17) is 15.7 Å². The van der Waals surface area contributed by atoms with Crippen molar-refractivity contribution in [2.75, 3.05) is 26.4 Å². The molecule has 1 amide bonds. The maximum atomic E-state index is 12.9. The van der Waals surface area contributed by atoms with Crippen molar-refractivity contribution < 1.29 is 19.8 Å². The van der Waals surface area contributed by atoms with Gasteiger partial charge in [-0.1, -0.05) is 24.4 Å². The summed E-state index contributed by atoms with van der Waals surface area (Å²) in [6.45, 7) is 1.07. The van der Waals surface area contributed by atoms with Crippen molar-refractivity contribution in [1.29, 1.82) is 0 Å². The molecule has 0 aromatic carbocycles. The lowest BCUT2D eigenvalue weighted by Gasteiger charge is -2.43. The molecule has 1 heterocycles. The highest BCUT2D eigenvalue weighted by atomic mass is 16.5. The highest BCUT2D eigenvalue weighted by Gasteiger charge is 2.47. The minimum atomic E-state index is -0.919. The molecule has 0 spiro atoms. The van der Waals surface area contributed by atoms with Crippen molar-refractivity contribution in [2.24, 2.45) is 16.3 Å². The fraction of sp³-hybridized carbons (Fsp3) is 0.846. The lowest BCUT2D eigenvalue weighted by atomic mass is 9.71. The Bertz CT molecular complexity index is 380. The van der Waals surface area contributed by atoms with Crippen molar-refractivity contribution in [2.45, 2.75) is 38.1 Å². The number of amides is 1. The van der Waals surface area contributed by atoms with E-state index in [0.29, 0.717) is 32.6 Å². The zero-order chi connectivity index (χ0) is 14.6. The van der Waals surface area contributed by atoms with Gasteiger partial charge in [-0.2, -0.15) is 0 Å². The van der Waals surface area contributed by atoms with E-state index in [-0.39, 0.29) is 24.4 Å². The van der Waals surface area contributed by atoms with Crippen LogP contribution in [0.5, 0.6) is 0 Å². The maximum absolute atomic E-state index is 12.9. The molecule has 7 nitrogen and oxygen atoms in total. The molecular formula is C13H23N3O4. The normalized spacial score (nSPS) is 27.4. The average Bonchev–Trinajstić information content (AvgIpc) is 2.53. The first-order valence-electron chi connectivity index (χ1n) is 7.13. The molecule has 0 aromatic heterocycles. The third kappa shape index (κ3) is 2.60. The lowest BCUT2D eigenvalue weighted by molar-refractivity contribution is -0.150. The number of morpholine rings is 1. The molecule has 114 valence electrons. The largest absolute Gasteiger partial charge is 0.409 e. The Morgan fingerprint density at radius 3 is 2.70 bits per heavy atom. The molecule has 1 unspecified atom stereocenters. The smallest absolute Gasteiger partial charge is 0.237 e. The van der Waals surface area contributed by atoms with Crippen molar-refractivity contribution in [3.63, 3.8) is 0 Å². The van der Waals surface area contributed by atoms with Crippen molar-refractivity contribution >= 4 is 11.7 Å². The van der Waals surface area contributed by atoms with Gasteiger partial charge >= 0.3 is 0 Å². The molecule has 4 N–H and O–H groups in total. The van der Waals surface area contributed by atoms with Crippen molar-refractivity contribution in [3.05, 3.63) is 0 Å². The second-order valence-corrected chi connectivity index (χ2v) is 5.54. The van der Waals surface area contributed by atoms with Gasteiger partial charge in [0.1, 0.15) is 5.41 Å². The summed E-state index contributed by atoms with van der Waals surface area (Å²) >= 11 is 0. The first kappa shape index (κ1) is 15.1. The Labute approximate surface area is 118 Å². The number of aliphatic hydroxyl groups is 1. The maximum Gasteiger partial charge on any atom is 0.237 e. The van der Waals surface area contributed by atoms with Crippen LogP contribution < -0.4 is 5.73 Å². The van der Waals surface area contributed by atoms with Crippen LogP contribution >= 0.6 is 0 Å². The molecule has 0 radical (unpaired) electrons. The van der Waals surface area contributed by atoms with E-state index in [1.807, 2.05) is 0 Å². The predicted octanol–water partition coefficient (Wildman–Crippen LogP) is -0.0970. The fourth-order valence-corrected chi connectivity index (χ4v) is 3.18. The molecule has 1 aliphatic carbocycles. The number of hydrogen-bond acceptors (Lipinski definition) is 5. The summed E-state index contributed by atoms with van der Waals surface area (Å²) in [5.41, 5.74) is 4.92. The molecule has 1 atom stereocenters. The third-order valence-corrected chi connectivity index (χ3v) is 4.41. The van der Waals surface area contributed by atoms with Crippen LogP contribution in [0.25, 0.3) is 0 Å². The fourth-order valence-electron chi connectivity index (χ4n) is 3.18. The Balaban J connectivity index is 2.26. The molecule has 2 rings (SSSR count). The van der Waals surface area contributed by atoms with Crippen LogP contribution in [-0.4, -0.2) is 59.4 Å². The molecular weight excluding hydrogens is 262 g/mol. The van der Waals surface area contributed by atoms with Gasteiger partial charge in [0, 0.05) is 6.54 Å². The molecule has 20 heavy (non-hydrogen) atoms. The number of aliphatic hydroxyl groups excluding tert-OH is 1. The van der Waals surface area contributed by atoms with Gasteiger partial charge in [0.25, 0.3) is 0 Å². The Morgan fingerprint density at radius 1 is 1.40 bits per heavy atom. The van der Waals surface area contributed by atoms with Gasteiger partial charge in [-0.15, -0.1) is 0 Å². The predicted molar refractivity (Wildman–Crippen MR) is 72.3 cm³/mol. The van der Waals surface area contributed by atoms with Crippen LogP contribution in [-0.2, 0) is 9.53 Å². The van der Waals surface area contributed by atoms with Crippen LogP contribution in [0, 0.1) is 5.41 Å². The van der Waals surface area contributed by atoms with Crippen LogP contribution in [0.1, 0.15) is 32.1 Å². The van der Waals surface area contributed by atoms with E-state index < -0.39 is 5.41 Å². The molecule has 0 aromatic rings. The highest BCUT2D eigenvalue weighted by molar-refractivity contribution is 6.07. The van der Waals surface area contributed by atoms with Gasteiger partial charge in [-0.3, -0.25) is 4.79 Å². The molecule has 1 saturated carbocycles. The number of oxime groups is 1. The number of rotatable bonds is 3. The summed E-state index contributed by atoms with van der Waals surface area (Å²) in [4.78, 5) is 14.6. The molecule has 7 heteroatoms. The van der Waals surface area contributed by atoms with E-state index in [1.54, 1.807) is 4.90 Å². The number of hydrogen-bond donors (Lipinski definition) is 3. The summed E-state index contributed by atoms with van der Waals surface area (Å²) in [5, 5.41) is 21.5. The molecule has 2 aliphatic rings. The number of amidine groups is 1. The monoisotopic (exact) mass is 285 g/mol. The van der Waals surface area contributed by atoms with Gasteiger partial charge in [0.15, 0.2) is 5.84 Å². The molecule has 2 fully saturated rings. The Kier molecular flexibility index (Phi) is 4.82. The minimum absolute atomic E-state index is 0.00891. The van der Waals surface area contributed by atoms with Crippen LogP contribution in [0.2, 0.25) is 0 Å². The Hall–Kier alpha value is -1.34. The average molecular weight is 285 g/mol. The summed E-state index contributed by atoms with van der Waals surface area (Å²) in [6.07, 6.45) is 4.01. The summed E-state index contributed by atoms with van der Waals surface area (Å²) in [7, 11) is 0. The lowest BCUT2D eigenvalue weighted by Crippen LogP contribution is -2.59. The number of nitrogens with two attached hydrogens (primary N) is 1. The summed E-state index contributed by atoms with van der Waals surface area (Å²) in [6, 6.07) is -0.346. The van der Waals surface area contributed by atoms with Crippen LogP contribution in [0.4, 0.5) is 0 Å². The van der Waals surface area contributed by atoms with Gasteiger partial charge in [0.05, 0.1) is 25.9 Å². The van der Waals surface area contributed by atoms with Gasteiger partial charge < -0.3 is 25.7 Å². The van der Waals surface area contributed by atoms with Crippen molar-refractivity contribution in [1.82, 2.24) is 4.90 Å². The number of carbonyl (C=O) groups is 1. The van der Waals surface area contributed by atoms with Gasteiger partial charge in [-0.25, -0.2) is 0 Å². The third-order valence-electron chi connectivity index (χ3n) is 4.41. The zero-order valence-corrected chi connectivity index (χ0v) is 11.6. The van der Waals surface area contributed by atoms with Crippen molar-refractivity contribution in [3.8, 4) is 0 Å². The van der Waals surface area contributed by atoms with E-state index in [9.17, 15) is 9.90 Å². The van der Waals surface area contributed by atoms with Crippen LogP contribution in [0.3, 0.4) is 0 Å². The molecule has 1 saturated heterocycles. The topological polar surface area (TPSA) is 108 Å². The van der Waals surface area contributed by atoms with Crippen LogP contribution in [0.15, 0.2) is 5.16 Å². The highest BCUT2D eigenvalue weighted by Crippen LogP contribution is 2.39. The Morgan fingerprint density at radius 2 is 2.10 bits per heavy atom. The summed E-state index contributed by atoms with van der Waals surface area (Å²) in [5.74, 6) is -0.153. The zero-order valence-electron chi connectivity index (χ0n) is 11.6. The second kappa shape index (κ2) is 6.41. The number of nitrogens with zero attached hydrogens (tertiary/aromatic N) is 2. The van der Waals surface area contributed by atoms with E-state index in [2.05, 4.69) is 5.16 Å². The summed E-state index contributed by atoms with van der Waals surface area (Å²) < 4.78 is 5.30. The van der Waals surface area contributed by atoms with Gasteiger partial charge in [-0.05, 0) is 12.8 Å². The number of ether oxygens (including phenoxy) is 1. The minimum Gasteiger partial charge on any atom is -0.409 e.